The maximum absolute atomic E-state index is 14.0. The monoisotopic (exact) mass is 928 g/mol. The fourth-order valence-electron chi connectivity index (χ4n) is 9.09. The van der Waals surface area contributed by atoms with Crippen LogP contribution in [-0.2, 0) is 45.2 Å². The summed E-state index contributed by atoms with van der Waals surface area (Å²) in [6.07, 6.45) is 4.78. The first-order valence-corrected chi connectivity index (χ1v) is 23.1. The fraction of sp³-hybridized carbons (Fsp3) is 0.296. The van der Waals surface area contributed by atoms with Crippen LogP contribution in [0.5, 0.6) is 17.2 Å². The predicted octanol–water partition coefficient (Wildman–Crippen LogP) is 8.15. The molecule has 0 saturated carbocycles. The van der Waals surface area contributed by atoms with Crippen molar-refractivity contribution in [1.29, 1.82) is 0 Å². The molecule has 4 aliphatic heterocycles. The van der Waals surface area contributed by atoms with Gasteiger partial charge in [-0.15, -0.1) is 0 Å². The van der Waals surface area contributed by atoms with Crippen molar-refractivity contribution in [2.24, 2.45) is 15.9 Å². The topological polar surface area (TPSA) is 185 Å². The van der Waals surface area contributed by atoms with Gasteiger partial charge in [0.05, 0.1) is 48.2 Å². The van der Waals surface area contributed by atoms with E-state index in [9.17, 15) is 28.8 Å². The molecule has 0 aromatic heterocycles. The summed E-state index contributed by atoms with van der Waals surface area (Å²) in [7, 11) is 1.50. The molecule has 2 unspecified atom stereocenters. The van der Waals surface area contributed by atoms with Crippen molar-refractivity contribution in [2.45, 2.75) is 84.6 Å². The number of Topliss-reactive ketones (excluding diaryl/α,β-unsaturated/α-hetero) is 2. The van der Waals surface area contributed by atoms with Gasteiger partial charge < -0.3 is 24.8 Å². The standard InChI is InChI=1S/C54H52N6O9/c1-31(2)47(62)14-16-51(63)57-28-40(61)13-15-52(64)58-37-19-33(29-68-48-24-43-41(17-32(48)3)53(65)59-38(26-55-43)21-35-9-5-7-11-45(35)59)18-34(20-37)30-69-50-25-44-42(23-49(50)67-4)54(66)60-39(27-56-44)22-36-10-6-8-12-46(36)60/h5-12,17-20,23-27,31,38-39H,13-16,21-22,28-30H2,1-4H3,(H,57,63)(H,58,64). The molecule has 9 rings (SSSR count). The van der Waals surface area contributed by atoms with Gasteiger partial charge in [-0.25, -0.2) is 0 Å². The molecule has 5 aromatic rings. The Kier molecular flexibility index (Phi) is 13.2. The van der Waals surface area contributed by atoms with Gasteiger partial charge in [0.25, 0.3) is 11.8 Å². The molecule has 5 aromatic carbocycles. The predicted molar refractivity (Wildman–Crippen MR) is 262 cm³/mol. The molecule has 2 N–H and O–H groups in total. The van der Waals surface area contributed by atoms with Crippen LogP contribution < -0.4 is 34.6 Å². The Morgan fingerprint density at radius 2 is 1.22 bits per heavy atom. The number of fused-ring (bicyclic) bond motifs is 8. The van der Waals surface area contributed by atoms with Crippen molar-refractivity contribution in [3.8, 4) is 17.2 Å². The third kappa shape index (κ3) is 9.89. The van der Waals surface area contributed by atoms with Gasteiger partial charge in [0, 0.05) is 86.1 Å². The molecule has 4 aliphatic rings. The van der Waals surface area contributed by atoms with Gasteiger partial charge in [0.15, 0.2) is 17.3 Å². The summed E-state index contributed by atoms with van der Waals surface area (Å²) in [4.78, 5) is 91.1. The second kappa shape index (κ2) is 19.7. The number of rotatable bonds is 17. The van der Waals surface area contributed by atoms with Crippen LogP contribution in [0.4, 0.5) is 28.4 Å². The number of ketones is 2. The molecule has 0 bridgehead atoms. The van der Waals surface area contributed by atoms with E-state index in [-0.39, 0.29) is 86.8 Å². The molecule has 4 heterocycles. The van der Waals surface area contributed by atoms with Crippen molar-refractivity contribution in [2.75, 3.05) is 28.8 Å². The number of aliphatic imine (C=N–C) groups is 2. The molecule has 15 nitrogen and oxygen atoms in total. The van der Waals surface area contributed by atoms with Crippen LogP contribution in [0, 0.1) is 12.8 Å². The van der Waals surface area contributed by atoms with E-state index in [1.807, 2.05) is 67.7 Å². The zero-order valence-corrected chi connectivity index (χ0v) is 38.9. The fourth-order valence-corrected chi connectivity index (χ4v) is 9.09. The van der Waals surface area contributed by atoms with E-state index >= 15 is 0 Å². The summed E-state index contributed by atoms with van der Waals surface area (Å²) in [5, 5.41) is 5.44. The molecule has 352 valence electrons. The van der Waals surface area contributed by atoms with Crippen LogP contribution in [0.1, 0.15) is 88.1 Å². The van der Waals surface area contributed by atoms with Gasteiger partial charge in [-0.05, 0) is 77.2 Å². The molecule has 0 saturated heterocycles. The molecular formula is C54H52N6O9. The highest BCUT2D eigenvalue weighted by molar-refractivity contribution is 6.16. The number of amides is 4. The molecular weight excluding hydrogens is 877 g/mol. The lowest BCUT2D eigenvalue weighted by molar-refractivity contribution is -0.128. The SMILES string of the molecule is COc1cc2c(cc1OCc1cc(COc3cc4c(cc3C)C(=O)N3c5ccccc5CC3C=N4)cc(NC(=O)CCC(=O)CNC(=O)CCC(=O)C(C)C)c1)N=CC1Cc3ccccc3N1C2=O. The Morgan fingerprint density at radius 3 is 1.81 bits per heavy atom. The molecule has 0 fully saturated rings. The number of benzene rings is 5. The first kappa shape index (κ1) is 46.2. The summed E-state index contributed by atoms with van der Waals surface area (Å²) >= 11 is 0. The smallest absolute Gasteiger partial charge is 0.261 e. The molecule has 15 heteroatoms. The third-order valence-corrected chi connectivity index (χ3v) is 12.7. The lowest BCUT2D eigenvalue weighted by atomic mass is 10.0. The lowest BCUT2D eigenvalue weighted by Crippen LogP contribution is -2.37. The van der Waals surface area contributed by atoms with Gasteiger partial charge >= 0.3 is 0 Å². The van der Waals surface area contributed by atoms with Crippen molar-refractivity contribution in [3.05, 3.63) is 130 Å². The van der Waals surface area contributed by atoms with Crippen LogP contribution in [0.25, 0.3) is 0 Å². The van der Waals surface area contributed by atoms with Crippen molar-refractivity contribution in [1.82, 2.24) is 5.32 Å². The maximum atomic E-state index is 14.0. The molecule has 0 aliphatic carbocycles. The van der Waals surface area contributed by atoms with E-state index in [0.29, 0.717) is 69.4 Å². The summed E-state index contributed by atoms with van der Waals surface area (Å²) in [6, 6.07) is 27.6. The van der Waals surface area contributed by atoms with E-state index in [0.717, 1.165) is 28.1 Å². The van der Waals surface area contributed by atoms with Gasteiger partial charge in [0.1, 0.15) is 24.7 Å². The maximum Gasteiger partial charge on any atom is 0.261 e. The van der Waals surface area contributed by atoms with E-state index in [1.165, 1.54) is 7.11 Å². The number of carbonyl (C=O) groups is 6. The van der Waals surface area contributed by atoms with Gasteiger partial charge in [-0.1, -0.05) is 50.2 Å². The van der Waals surface area contributed by atoms with Crippen LogP contribution >= 0.6 is 0 Å². The van der Waals surface area contributed by atoms with Crippen molar-refractivity contribution < 1.29 is 43.0 Å². The molecule has 2 atom stereocenters. The lowest BCUT2D eigenvalue weighted by Gasteiger charge is -2.22. The minimum Gasteiger partial charge on any atom is -0.493 e. The van der Waals surface area contributed by atoms with Gasteiger partial charge in [-0.3, -0.25) is 48.6 Å². The Bertz CT molecular complexity index is 2980. The third-order valence-electron chi connectivity index (χ3n) is 12.7. The zero-order chi connectivity index (χ0) is 48.3. The number of ether oxygens (including phenoxy) is 3. The van der Waals surface area contributed by atoms with Crippen LogP contribution in [0.15, 0.2) is 101 Å². The van der Waals surface area contributed by atoms with Crippen molar-refractivity contribution in [3.63, 3.8) is 0 Å². The van der Waals surface area contributed by atoms with Gasteiger partial charge in [0.2, 0.25) is 11.8 Å². The molecule has 0 spiro atoms. The first-order chi connectivity index (χ1) is 33.3. The minimum absolute atomic E-state index is 0.00732. The second-order valence-corrected chi connectivity index (χ2v) is 18.0. The first-order valence-electron chi connectivity index (χ1n) is 23.1. The summed E-state index contributed by atoms with van der Waals surface area (Å²) in [5.74, 6) is -0.462. The average Bonchev–Trinajstić information content (AvgIpc) is 3.84. The summed E-state index contributed by atoms with van der Waals surface area (Å²) in [6.45, 7) is 5.24. The number of anilines is 3. The number of hydrogen-bond donors (Lipinski definition) is 2. The Hall–Kier alpha value is -7.94. The number of para-hydroxylation sites is 2. The quantitative estimate of drug-likeness (QED) is 0.0929. The highest BCUT2D eigenvalue weighted by Crippen LogP contribution is 2.42. The highest BCUT2D eigenvalue weighted by atomic mass is 16.5. The van der Waals surface area contributed by atoms with Crippen molar-refractivity contribution >= 4 is 76.1 Å². The normalized spacial score (nSPS) is 16.1. The Balaban J connectivity index is 0.918. The van der Waals surface area contributed by atoms with E-state index in [1.54, 1.807) is 66.3 Å². The van der Waals surface area contributed by atoms with Crippen LogP contribution in [0.2, 0.25) is 0 Å². The Morgan fingerprint density at radius 1 is 0.667 bits per heavy atom. The van der Waals surface area contributed by atoms with Gasteiger partial charge in [-0.2, -0.15) is 0 Å². The molecule has 0 radical (unpaired) electrons. The zero-order valence-electron chi connectivity index (χ0n) is 38.9. The highest BCUT2D eigenvalue weighted by Gasteiger charge is 2.38. The Labute approximate surface area is 399 Å². The largest absolute Gasteiger partial charge is 0.493 e. The van der Waals surface area contributed by atoms with Crippen LogP contribution in [0.3, 0.4) is 0 Å². The average molecular weight is 929 g/mol. The van der Waals surface area contributed by atoms with E-state index < -0.39 is 11.8 Å². The van der Waals surface area contributed by atoms with E-state index in [4.69, 9.17) is 24.2 Å². The minimum atomic E-state index is -0.424. The summed E-state index contributed by atoms with van der Waals surface area (Å²) < 4.78 is 18.5. The number of carbonyl (C=O) groups excluding carboxylic acids is 6. The number of nitrogens with zero attached hydrogens (tertiary/aromatic N) is 4. The molecule has 4 amide bonds. The number of nitrogens with one attached hydrogen (secondary N) is 2. The molecule has 69 heavy (non-hydrogen) atoms. The number of aryl methyl sites for hydroxylation is 1. The van der Waals surface area contributed by atoms with Crippen LogP contribution in [-0.4, -0.2) is 73.4 Å². The number of hydrogen-bond acceptors (Lipinski definition) is 11. The summed E-state index contributed by atoms with van der Waals surface area (Å²) in [5.41, 5.74) is 8.22. The van der Waals surface area contributed by atoms with E-state index in [2.05, 4.69) is 10.6 Å². The number of methoxy groups -OCH3 is 1. The second-order valence-electron chi connectivity index (χ2n) is 18.0.